The van der Waals surface area contributed by atoms with Gasteiger partial charge in [-0.15, -0.1) is 0 Å². The number of pyridine rings is 1. The van der Waals surface area contributed by atoms with Gasteiger partial charge in [-0.3, -0.25) is 4.79 Å². The topological polar surface area (TPSA) is 39.2 Å². The molecule has 0 radical (unpaired) electrons. The Morgan fingerprint density at radius 1 is 1.67 bits per heavy atom. The molecule has 1 rings (SSSR count). The molecule has 0 saturated heterocycles. The van der Waals surface area contributed by atoms with E-state index in [-0.39, 0.29) is 11.3 Å². The third-order valence-corrected chi connectivity index (χ3v) is 1.43. The zero-order chi connectivity index (χ0) is 9.14. The average Bonchev–Trinajstić information content (AvgIpc) is 2.05. The number of methoxy groups -OCH3 is 1. The minimum Gasteiger partial charge on any atom is -0.495 e. The van der Waals surface area contributed by atoms with Crippen molar-refractivity contribution in [2.75, 3.05) is 7.11 Å². The van der Waals surface area contributed by atoms with Crippen molar-refractivity contribution in [1.29, 1.82) is 0 Å². The van der Waals surface area contributed by atoms with E-state index in [2.05, 4.69) is 4.98 Å². The summed E-state index contributed by atoms with van der Waals surface area (Å²) in [6.07, 6.45) is 1.22. The number of ether oxygens (including phenoxy) is 1. The van der Waals surface area contributed by atoms with Gasteiger partial charge in [-0.25, -0.2) is 4.98 Å². The monoisotopic (exact) mass is 169 g/mol. The largest absolute Gasteiger partial charge is 0.495 e. The molecule has 0 aromatic carbocycles. The number of hydrogen-bond acceptors (Lipinski definition) is 3. The number of aromatic nitrogens is 1. The predicted molar refractivity (Wildman–Crippen MR) is 40.8 cm³/mol. The van der Waals surface area contributed by atoms with Crippen LogP contribution in [0.25, 0.3) is 0 Å². The van der Waals surface area contributed by atoms with E-state index in [1.165, 1.54) is 26.3 Å². The molecule has 0 bridgehead atoms. The normalized spacial score (nSPS) is 9.58. The van der Waals surface area contributed by atoms with Crippen molar-refractivity contribution < 1.29 is 13.9 Å². The highest BCUT2D eigenvalue weighted by molar-refractivity contribution is 5.94. The summed E-state index contributed by atoms with van der Waals surface area (Å²) in [6, 6.07) is 1.32. The van der Waals surface area contributed by atoms with Crippen molar-refractivity contribution in [1.82, 2.24) is 4.98 Å². The van der Waals surface area contributed by atoms with Gasteiger partial charge in [0, 0.05) is 0 Å². The number of hydrogen-bond donors (Lipinski definition) is 0. The van der Waals surface area contributed by atoms with Crippen molar-refractivity contribution in [2.45, 2.75) is 6.92 Å². The second kappa shape index (κ2) is 3.30. The first-order valence-electron chi connectivity index (χ1n) is 3.35. The van der Waals surface area contributed by atoms with Crippen LogP contribution in [0.3, 0.4) is 0 Å². The summed E-state index contributed by atoms with van der Waals surface area (Å²) in [4.78, 5) is 14.2. The van der Waals surface area contributed by atoms with Crippen molar-refractivity contribution in [3.63, 3.8) is 0 Å². The smallest absolute Gasteiger partial charge is 0.223 e. The highest BCUT2D eigenvalue weighted by atomic mass is 19.1. The highest BCUT2D eigenvalue weighted by Gasteiger charge is 2.09. The Kier molecular flexibility index (Phi) is 2.38. The van der Waals surface area contributed by atoms with Crippen LogP contribution in [0, 0.1) is 5.95 Å². The van der Waals surface area contributed by atoms with Crippen LogP contribution in [-0.4, -0.2) is 17.9 Å². The summed E-state index contributed by atoms with van der Waals surface area (Å²) >= 11 is 0. The molecule has 1 aromatic rings. The fourth-order valence-electron chi connectivity index (χ4n) is 0.787. The van der Waals surface area contributed by atoms with Crippen LogP contribution in [0.1, 0.15) is 17.3 Å². The molecule has 1 heterocycles. The minimum atomic E-state index is -0.761. The lowest BCUT2D eigenvalue weighted by atomic mass is 10.2. The van der Waals surface area contributed by atoms with Crippen LogP contribution < -0.4 is 4.74 Å². The van der Waals surface area contributed by atoms with Gasteiger partial charge in [0.15, 0.2) is 5.78 Å². The second-order valence-corrected chi connectivity index (χ2v) is 2.27. The van der Waals surface area contributed by atoms with Gasteiger partial charge in [0.1, 0.15) is 5.75 Å². The molecule has 0 atom stereocenters. The molecular weight excluding hydrogens is 161 g/mol. The summed E-state index contributed by atoms with van der Waals surface area (Å²) in [7, 11) is 1.43. The molecule has 0 aliphatic rings. The molecular formula is C8H8FNO2. The summed E-state index contributed by atoms with van der Waals surface area (Å²) in [5.74, 6) is -0.746. The van der Waals surface area contributed by atoms with E-state index in [9.17, 15) is 9.18 Å². The number of nitrogens with zero attached hydrogens (tertiary/aromatic N) is 1. The third-order valence-electron chi connectivity index (χ3n) is 1.43. The van der Waals surface area contributed by atoms with Crippen molar-refractivity contribution >= 4 is 5.78 Å². The molecule has 0 aliphatic carbocycles. The quantitative estimate of drug-likeness (QED) is 0.496. The van der Waals surface area contributed by atoms with Gasteiger partial charge in [-0.2, -0.15) is 4.39 Å². The molecule has 0 amide bonds. The molecule has 4 heteroatoms. The molecule has 0 aliphatic heterocycles. The molecule has 0 saturated carbocycles. The van der Waals surface area contributed by atoms with Crippen LogP contribution in [0.5, 0.6) is 5.75 Å². The SMILES string of the molecule is COc1cnc(F)c(C(C)=O)c1. The average molecular weight is 169 g/mol. The lowest BCUT2D eigenvalue weighted by Crippen LogP contribution is -2.00. The second-order valence-electron chi connectivity index (χ2n) is 2.27. The van der Waals surface area contributed by atoms with Crippen molar-refractivity contribution in [3.05, 3.63) is 23.8 Å². The zero-order valence-electron chi connectivity index (χ0n) is 6.80. The molecule has 3 nitrogen and oxygen atoms in total. The molecule has 0 unspecified atom stereocenters. The number of rotatable bonds is 2. The summed E-state index contributed by atoms with van der Waals surface area (Å²) in [5.41, 5.74) is -0.0469. The van der Waals surface area contributed by atoms with E-state index in [1.807, 2.05) is 0 Å². The molecule has 0 spiro atoms. The Bertz CT molecular complexity index is 312. The Hall–Kier alpha value is -1.45. The highest BCUT2D eigenvalue weighted by Crippen LogP contribution is 2.13. The number of Topliss-reactive ketones (excluding diaryl/α,β-unsaturated/α-hetero) is 1. The van der Waals surface area contributed by atoms with E-state index in [0.29, 0.717) is 5.75 Å². The van der Waals surface area contributed by atoms with Gasteiger partial charge in [-0.05, 0) is 13.0 Å². The van der Waals surface area contributed by atoms with E-state index in [4.69, 9.17) is 4.74 Å². The van der Waals surface area contributed by atoms with Crippen molar-refractivity contribution in [3.8, 4) is 5.75 Å². The molecule has 1 aromatic heterocycles. The van der Waals surface area contributed by atoms with Crippen LogP contribution in [-0.2, 0) is 0 Å². The minimum absolute atomic E-state index is 0.0469. The van der Waals surface area contributed by atoms with Crippen LogP contribution in [0.2, 0.25) is 0 Å². The Morgan fingerprint density at radius 3 is 2.83 bits per heavy atom. The van der Waals surface area contributed by atoms with Crippen molar-refractivity contribution in [2.24, 2.45) is 0 Å². The third kappa shape index (κ3) is 1.58. The van der Waals surface area contributed by atoms with Gasteiger partial charge < -0.3 is 4.74 Å². The Balaban J connectivity index is 3.17. The number of carbonyl (C=O) groups excluding carboxylic acids is 1. The van der Waals surface area contributed by atoms with Gasteiger partial charge in [0.25, 0.3) is 0 Å². The standard InChI is InChI=1S/C8H8FNO2/c1-5(11)7-3-6(12-2)4-10-8(7)9/h3-4H,1-2H3. The van der Waals surface area contributed by atoms with E-state index < -0.39 is 5.95 Å². The van der Waals surface area contributed by atoms with Gasteiger partial charge in [0.05, 0.1) is 18.9 Å². The Labute approximate surface area is 69.2 Å². The van der Waals surface area contributed by atoms with E-state index >= 15 is 0 Å². The fraction of sp³-hybridized carbons (Fsp3) is 0.250. The fourth-order valence-corrected chi connectivity index (χ4v) is 0.787. The maximum atomic E-state index is 12.8. The molecule has 12 heavy (non-hydrogen) atoms. The molecule has 0 fully saturated rings. The first kappa shape index (κ1) is 8.64. The van der Waals surface area contributed by atoms with E-state index in [0.717, 1.165) is 0 Å². The Morgan fingerprint density at radius 2 is 2.33 bits per heavy atom. The lowest BCUT2D eigenvalue weighted by molar-refractivity contribution is 0.101. The number of carbonyl (C=O) groups is 1. The first-order chi connectivity index (χ1) is 5.65. The van der Waals surface area contributed by atoms with Crippen LogP contribution >= 0.6 is 0 Å². The maximum absolute atomic E-state index is 12.8. The number of ketones is 1. The maximum Gasteiger partial charge on any atom is 0.223 e. The zero-order valence-corrected chi connectivity index (χ0v) is 6.80. The summed E-state index contributed by atoms with van der Waals surface area (Å²) in [6.45, 7) is 1.28. The van der Waals surface area contributed by atoms with Gasteiger partial charge in [0.2, 0.25) is 5.95 Å². The number of halogens is 1. The summed E-state index contributed by atoms with van der Waals surface area (Å²) in [5, 5.41) is 0. The first-order valence-corrected chi connectivity index (χ1v) is 3.35. The lowest BCUT2D eigenvalue weighted by Gasteiger charge is -2.01. The van der Waals surface area contributed by atoms with Crippen LogP contribution in [0.4, 0.5) is 4.39 Å². The molecule has 0 N–H and O–H groups in total. The predicted octanol–water partition coefficient (Wildman–Crippen LogP) is 1.43. The summed E-state index contributed by atoms with van der Waals surface area (Å²) < 4.78 is 17.5. The van der Waals surface area contributed by atoms with Crippen LogP contribution in [0.15, 0.2) is 12.3 Å². The molecule has 64 valence electrons. The van der Waals surface area contributed by atoms with E-state index in [1.54, 1.807) is 0 Å². The van der Waals surface area contributed by atoms with Gasteiger partial charge >= 0.3 is 0 Å². The van der Waals surface area contributed by atoms with Gasteiger partial charge in [-0.1, -0.05) is 0 Å².